The van der Waals surface area contributed by atoms with Gasteiger partial charge < -0.3 is 8.83 Å². The first-order valence-electron chi connectivity index (χ1n) is 17.8. The summed E-state index contributed by atoms with van der Waals surface area (Å²) in [5.41, 5.74) is 8.49. The molecule has 0 spiro atoms. The SMILES string of the molecule is CC(C)c1oc2c(cc(-c3ccc4ccccc4c3)c3c4oc(C(C)C)c(C#N)c4cc(-c4ccc(-c5cccc6ccccc56)cc4)c23)c1C#N. The third-order valence-corrected chi connectivity index (χ3v) is 10.4. The molecule has 4 nitrogen and oxygen atoms in total. The van der Waals surface area contributed by atoms with Crippen LogP contribution < -0.4 is 0 Å². The Hall–Kier alpha value is -6.62. The smallest absolute Gasteiger partial charge is 0.144 e. The molecule has 9 rings (SSSR count). The molecule has 4 heteroatoms. The highest BCUT2D eigenvalue weighted by Crippen LogP contribution is 2.49. The summed E-state index contributed by atoms with van der Waals surface area (Å²) in [6.07, 6.45) is 0. The van der Waals surface area contributed by atoms with Crippen LogP contribution in [0.4, 0.5) is 0 Å². The fourth-order valence-corrected chi connectivity index (χ4v) is 7.91. The van der Waals surface area contributed by atoms with E-state index >= 15 is 0 Å². The van der Waals surface area contributed by atoms with E-state index in [-0.39, 0.29) is 11.8 Å². The highest BCUT2D eigenvalue weighted by Gasteiger charge is 2.28. The van der Waals surface area contributed by atoms with Crippen LogP contribution in [0.2, 0.25) is 0 Å². The summed E-state index contributed by atoms with van der Waals surface area (Å²) in [5, 5.41) is 29.1. The lowest BCUT2D eigenvalue weighted by molar-refractivity contribution is 0.520. The minimum Gasteiger partial charge on any atom is -0.459 e. The maximum atomic E-state index is 10.6. The topological polar surface area (TPSA) is 73.9 Å². The maximum absolute atomic E-state index is 10.6. The minimum absolute atomic E-state index is 0.00488. The van der Waals surface area contributed by atoms with Crippen molar-refractivity contribution in [2.24, 2.45) is 0 Å². The molecular formula is C48H34N2O2. The van der Waals surface area contributed by atoms with Crippen molar-refractivity contribution in [3.63, 3.8) is 0 Å². The van der Waals surface area contributed by atoms with Gasteiger partial charge in [-0.3, -0.25) is 0 Å². The Kier molecular flexibility index (Phi) is 7.25. The fraction of sp³-hybridized carbons (Fsp3) is 0.125. The Balaban J connectivity index is 1.43. The van der Waals surface area contributed by atoms with E-state index in [0.717, 1.165) is 60.1 Å². The van der Waals surface area contributed by atoms with E-state index in [1.54, 1.807) is 0 Å². The summed E-state index contributed by atoms with van der Waals surface area (Å²) in [6.45, 7) is 8.21. The minimum atomic E-state index is -0.00488. The van der Waals surface area contributed by atoms with Crippen molar-refractivity contribution in [1.82, 2.24) is 0 Å². The zero-order chi connectivity index (χ0) is 35.7. The number of nitriles is 2. The molecule has 2 heterocycles. The second kappa shape index (κ2) is 12.0. The Morgan fingerprint density at radius 2 is 0.923 bits per heavy atom. The average molecular weight is 671 g/mol. The van der Waals surface area contributed by atoms with E-state index in [0.29, 0.717) is 33.8 Å². The molecule has 0 atom stereocenters. The van der Waals surface area contributed by atoms with Crippen molar-refractivity contribution in [2.45, 2.75) is 39.5 Å². The largest absolute Gasteiger partial charge is 0.459 e. The van der Waals surface area contributed by atoms with Crippen LogP contribution in [0.5, 0.6) is 0 Å². The van der Waals surface area contributed by atoms with E-state index in [1.807, 2.05) is 12.1 Å². The van der Waals surface area contributed by atoms with Crippen molar-refractivity contribution in [1.29, 1.82) is 10.5 Å². The molecule has 0 aliphatic heterocycles. The number of hydrogen-bond donors (Lipinski definition) is 0. The molecule has 248 valence electrons. The molecular weight excluding hydrogens is 637 g/mol. The average Bonchev–Trinajstić information content (AvgIpc) is 3.75. The van der Waals surface area contributed by atoms with Gasteiger partial charge in [0.25, 0.3) is 0 Å². The number of fused-ring (bicyclic) bond motifs is 7. The summed E-state index contributed by atoms with van der Waals surface area (Å²) in [6, 6.07) is 47.4. The third kappa shape index (κ3) is 4.73. The summed E-state index contributed by atoms with van der Waals surface area (Å²) < 4.78 is 13.5. The summed E-state index contributed by atoms with van der Waals surface area (Å²) in [7, 11) is 0. The van der Waals surface area contributed by atoms with Crippen molar-refractivity contribution in [3.8, 4) is 45.5 Å². The van der Waals surface area contributed by atoms with Gasteiger partial charge in [-0.1, -0.05) is 131 Å². The predicted octanol–water partition coefficient (Wildman–Crippen LogP) is 13.6. The van der Waals surface area contributed by atoms with Gasteiger partial charge in [0.05, 0.1) is 0 Å². The van der Waals surface area contributed by atoms with Gasteiger partial charge >= 0.3 is 0 Å². The Labute approximate surface area is 301 Å². The van der Waals surface area contributed by atoms with Crippen LogP contribution in [0, 0.1) is 22.7 Å². The van der Waals surface area contributed by atoms with Crippen LogP contribution in [0.1, 0.15) is 62.2 Å². The van der Waals surface area contributed by atoms with E-state index < -0.39 is 0 Å². The molecule has 0 aliphatic carbocycles. The van der Waals surface area contributed by atoms with E-state index in [2.05, 4.69) is 149 Å². The zero-order valence-electron chi connectivity index (χ0n) is 29.4. The van der Waals surface area contributed by atoms with Gasteiger partial charge in [-0.2, -0.15) is 10.5 Å². The Morgan fingerprint density at radius 3 is 1.50 bits per heavy atom. The zero-order valence-corrected chi connectivity index (χ0v) is 29.4. The lowest BCUT2D eigenvalue weighted by Crippen LogP contribution is -1.90. The van der Waals surface area contributed by atoms with Gasteiger partial charge in [-0.15, -0.1) is 0 Å². The molecule has 7 aromatic carbocycles. The molecule has 0 saturated carbocycles. The molecule has 0 bridgehead atoms. The van der Waals surface area contributed by atoms with Crippen molar-refractivity contribution in [3.05, 3.63) is 144 Å². The van der Waals surface area contributed by atoms with Gasteiger partial charge in [-0.25, -0.2) is 0 Å². The second-order valence-corrected chi connectivity index (χ2v) is 14.2. The van der Waals surface area contributed by atoms with Crippen LogP contribution in [-0.4, -0.2) is 0 Å². The molecule has 52 heavy (non-hydrogen) atoms. The van der Waals surface area contributed by atoms with Gasteiger partial charge in [0.2, 0.25) is 0 Å². The second-order valence-electron chi connectivity index (χ2n) is 14.2. The molecule has 2 aromatic heterocycles. The first-order chi connectivity index (χ1) is 25.4. The molecule has 0 radical (unpaired) electrons. The fourth-order valence-electron chi connectivity index (χ4n) is 7.91. The van der Waals surface area contributed by atoms with Crippen LogP contribution in [0.3, 0.4) is 0 Å². The number of rotatable bonds is 5. The van der Waals surface area contributed by atoms with Crippen LogP contribution in [0.15, 0.2) is 130 Å². The first kappa shape index (κ1) is 31.4. The third-order valence-electron chi connectivity index (χ3n) is 10.4. The van der Waals surface area contributed by atoms with E-state index in [1.165, 1.54) is 16.3 Å². The van der Waals surface area contributed by atoms with Crippen LogP contribution >= 0.6 is 0 Å². The van der Waals surface area contributed by atoms with Crippen LogP contribution in [0.25, 0.3) is 87.6 Å². The van der Waals surface area contributed by atoms with E-state index in [4.69, 9.17) is 8.83 Å². The normalized spacial score (nSPS) is 11.8. The lowest BCUT2D eigenvalue weighted by Gasteiger charge is -2.15. The lowest BCUT2D eigenvalue weighted by atomic mass is 9.87. The molecule has 9 aromatic rings. The quantitative estimate of drug-likeness (QED) is 0.183. The van der Waals surface area contributed by atoms with Gasteiger partial charge in [-0.05, 0) is 73.1 Å². The van der Waals surface area contributed by atoms with Crippen molar-refractivity contribution >= 4 is 54.3 Å². The van der Waals surface area contributed by atoms with Crippen molar-refractivity contribution in [2.75, 3.05) is 0 Å². The molecule has 0 amide bonds. The number of hydrogen-bond acceptors (Lipinski definition) is 4. The summed E-state index contributed by atoms with van der Waals surface area (Å²) in [5.74, 6) is 1.31. The predicted molar refractivity (Wildman–Crippen MR) is 212 cm³/mol. The Bertz CT molecular complexity index is 2970. The first-order valence-corrected chi connectivity index (χ1v) is 17.8. The van der Waals surface area contributed by atoms with Crippen molar-refractivity contribution < 1.29 is 8.83 Å². The molecule has 0 unspecified atom stereocenters. The molecule has 0 fully saturated rings. The van der Waals surface area contributed by atoms with E-state index in [9.17, 15) is 10.5 Å². The number of nitrogens with zero attached hydrogens (tertiary/aromatic N) is 2. The molecule has 0 aliphatic rings. The summed E-state index contributed by atoms with van der Waals surface area (Å²) in [4.78, 5) is 0. The molecule has 0 N–H and O–H groups in total. The summed E-state index contributed by atoms with van der Waals surface area (Å²) >= 11 is 0. The van der Waals surface area contributed by atoms with Gasteiger partial charge in [0, 0.05) is 33.4 Å². The highest BCUT2D eigenvalue weighted by molar-refractivity contribution is 6.26. The standard InChI is InChI=1S/C48H34N2O2/c1-27(2)45-41(25-49)39-23-37(32-19-17-31(18-20-32)36-15-9-13-30-11-7-8-14-35(30)36)43-44(48(39)52-45)38(34-21-16-29-10-5-6-12-33(29)22-34)24-40-42(26-50)46(28(3)4)51-47(40)43/h5-24,27-28H,1-4H3. The maximum Gasteiger partial charge on any atom is 0.144 e. The number of furan rings is 2. The monoisotopic (exact) mass is 670 g/mol. The highest BCUT2D eigenvalue weighted by atomic mass is 16.3. The Morgan fingerprint density at radius 1 is 0.442 bits per heavy atom. The molecule has 0 saturated heterocycles. The number of benzene rings is 7. The van der Waals surface area contributed by atoms with Gasteiger partial charge in [0.15, 0.2) is 0 Å². The van der Waals surface area contributed by atoms with Crippen LogP contribution in [-0.2, 0) is 0 Å². The van der Waals surface area contributed by atoms with Gasteiger partial charge in [0.1, 0.15) is 46.0 Å².